The van der Waals surface area contributed by atoms with Crippen molar-refractivity contribution in [3.8, 4) is 6.07 Å². The van der Waals surface area contributed by atoms with E-state index in [1.807, 2.05) is 0 Å². The monoisotopic (exact) mass is 239 g/mol. The lowest BCUT2D eigenvalue weighted by Crippen LogP contribution is -2.35. The van der Waals surface area contributed by atoms with Crippen LogP contribution in [0.25, 0.3) is 0 Å². The Morgan fingerprint density at radius 2 is 1.94 bits per heavy atom. The lowest BCUT2D eigenvalue weighted by Gasteiger charge is -2.34. The minimum absolute atomic E-state index is 0.0251. The van der Waals surface area contributed by atoms with E-state index in [4.69, 9.17) is 5.26 Å². The number of nitriles is 1. The van der Waals surface area contributed by atoms with Crippen LogP contribution in [-0.2, 0) is 0 Å². The highest BCUT2D eigenvalue weighted by Crippen LogP contribution is 2.40. The quantitative estimate of drug-likeness (QED) is 0.635. The zero-order valence-electron chi connectivity index (χ0n) is 10.2. The Morgan fingerprint density at radius 1 is 1.29 bits per heavy atom. The predicted molar refractivity (Wildman–Crippen MR) is 62.7 cm³/mol. The maximum atomic E-state index is 13.7. The van der Waals surface area contributed by atoms with E-state index in [0.717, 1.165) is 19.3 Å². The van der Waals surface area contributed by atoms with Gasteiger partial charge in [0, 0.05) is 0 Å². The van der Waals surface area contributed by atoms with Crippen molar-refractivity contribution in [3.05, 3.63) is 11.6 Å². The summed E-state index contributed by atoms with van der Waals surface area (Å²) in [6.07, 6.45) is 3.37. The van der Waals surface area contributed by atoms with Crippen LogP contribution >= 0.6 is 0 Å². The van der Waals surface area contributed by atoms with Gasteiger partial charge in [0.15, 0.2) is 0 Å². The minimum Gasteiger partial charge on any atom is -0.246 e. The second-order valence-corrected chi connectivity index (χ2v) is 5.51. The number of alkyl halides is 2. The molecule has 2 rings (SSSR count). The molecule has 0 aliphatic heterocycles. The lowest BCUT2D eigenvalue weighted by atomic mass is 9.73. The van der Waals surface area contributed by atoms with E-state index in [1.165, 1.54) is 5.57 Å². The Hall–Kier alpha value is -0.910. The third-order valence-electron chi connectivity index (χ3n) is 4.18. The summed E-state index contributed by atoms with van der Waals surface area (Å²) in [6, 6.07) is 1.76. The summed E-state index contributed by atoms with van der Waals surface area (Å²) >= 11 is 0. The summed E-state index contributed by atoms with van der Waals surface area (Å²) in [7, 11) is 0. The number of nitrogens with zero attached hydrogens (tertiary/aromatic N) is 1. The van der Waals surface area contributed by atoms with Crippen molar-refractivity contribution in [1.29, 1.82) is 5.26 Å². The maximum absolute atomic E-state index is 13.7. The van der Waals surface area contributed by atoms with Crippen molar-refractivity contribution in [2.75, 3.05) is 0 Å². The molecule has 17 heavy (non-hydrogen) atoms. The molecule has 0 bridgehead atoms. The van der Waals surface area contributed by atoms with Crippen molar-refractivity contribution in [1.82, 2.24) is 0 Å². The summed E-state index contributed by atoms with van der Waals surface area (Å²) in [4.78, 5) is 0. The molecule has 0 heterocycles. The van der Waals surface area contributed by atoms with Gasteiger partial charge in [-0.3, -0.25) is 0 Å². The molecule has 0 aromatic heterocycles. The fourth-order valence-corrected chi connectivity index (χ4v) is 2.98. The summed E-state index contributed by atoms with van der Waals surface area (Å²) < 4.78 is 27.4. The third-order valence-corrected chi connectivity index (χ3v) is 4.18. The molecule has 1 saturated carbocycles. The summed E-state index contributed by atoms with van der Waals surface area (Å²) in [5.74, 6) is -0.331. The molecule has 1 fully saturated rings. The fourth-order valence-electron chi connectivity index (χ4n) is 2.98. The molecule has 0 radical (unpaired) electrons. The van der Waals surface area contributed by atoms with Gasteiger partial charge in [0.1, 0.15) is 18.3 Å². The standard InChI is InChI=1S/C14H19F2N/c1-9-2-4-10(5-3-9)11-6-13(15)12(8-17)14(16)7-11/h4,9,11-14H,2-3,5-7H2,1H3. The van der Waals surface area contributed by atoms with Gasteiger partial charge in [-0.05, 0) is 43.9 Å². The molecule has 94 valence electrons. The van der Waals surface area contributed by atoms with E-state index < -0.39 is 18.3 Å². The van der Waals surface area contributed by atoms with Gasteiger partial charge in [0.2, 0.25) is 0 Å². The van der Waals surface area contributed by atoms with Gasteiger partial charge in [-0.2, -0.15) is 5.26 Å². The van der Waals surface area contributed by atoms with Gasteiger partial charge in [-0.1, -0.05) is 18.6 Å². The van der Waals surface area contributed by atoms with Crippen molar-refractivity contribution >= 4 is 0 Å². The fraction of sp³-hybridized carbons (Fsp3) is 0.786. The SMILES string of the molecule is CC1CC=C(C2CC(F)C(C#N)C(F)C2)CC1. The summed E-state index contributed by atoms with van der Waals surface area (Å²) in [5.41, 5.74) is 1.23. The molecule has 2 aliphatic rings. The number of rotatable bonds is 1. The third kappa shape index (κ3) is 2.68. The van der Waals surface area contributed by atoms with Crippen molar-refractivity contribution in [2.45, 2.75) is 51.4 Å². The van der Waals surface area contributed by atoms with Gasteiger partial charge in [-0.25, -0.2) is 8.78 Å². The highest BCUT2D eigenvalue weighted by atomic mass is 19.1. The van der Waals surface area contributed by atoms with Crippen LogP contribution in [0.5, 0.6) is 0 Å². The van der Waals surface area contributed by atoms with Gasteiger partial charge >= 0.3 is 0 Å². The average molecular weight is 239 g/mol. The molecule has 0 N–H and O–H groups in total. The Kier molecular flexibility index (Phi) is 3.81. The first-order valence-electron chi connectivity index (χ1n) is 6.48. The van der Waals surface area contributed by atoms with Crippen LogP contribution < -0.4 is 0 Å². The first kappa shape index (κ1) is 12.5. The molecule has 2 aliphatic carbocycles. The van der Waals surface area contributed by atoms with Crippen molar-refractivity contribution in [2.24, 2.45) is 17.8 Å². The second-order valence-electron chi connectivity index (χ2n) is 5.51. The molecule has 3 unspecified atom stereocenters. The topological polar surface area (TPSA) is 23.8 Å². The summed E-state index contributed by atoms with van der Waals surface area (Å²) in [6.45, 7) is 2.20. The number of hydrogen-bond donors (Lipinski definition) is 0. The molecule has 0 aromatic rings. The van der Waals surface area contributed by atoms with Gasteiger partial charge < -0.3 is 0 Å². The largest absolute Gasteiger partial charge is 0.246 e. The molecular formula is C14H19F2N. The lowest BCUT2D eigenvalue weighted by molar-refractivity contribution is 0.0836. The van der Waals surface area contributed by atoms with E-state index >= 15 is 0 Å². The minimum atomic E-state index is -1.30. The van der Waals surface area contributed by atoms with E-state index in [1.54, 1.807) is 6.07 Å². The Labute approximate surface area is 102 Å². The first-order valence-corrected chi connectivity index (χ1v) is 6.48. The van der Waals surface area contributed by atoms with Crippen LogP contribution in [-0.4, -0.2) is 12.3 Å². The first-order chi connectivity index (χ1) is 8.11. The Balaban J connectivity index is 2.03. The Bertz CT molecular complexity index is 333. The van der Waals surface area contributed by atoms with Crippen LogP contribution in [0.4, 0.5) is 8.78 Å². The van der Waals surface area contributed by atoms with Crippen molar-refractivity contribution < 1.29 is 8.78 Å². The van der Waals surface area contributed by atoms with Crippen LogP contribution in [0.3, 0.4) is 0 Å². The van der Waals surface area contributed by atoms with Gasteiger partial charge in [0.25, 0.3) is 0 Å². The van der Waals surface area contributed by atoms with E-state index in [0.29, 0.717) is 18.8 Å². The molecule has 3 heteroatoms. The number of hydrogen-bond acceptors (Lipinski definition) is 1. The highest BCUT2D eigenvalue weighted by molar-refractivity contribution is 5.14. The van der Waals surface area contributed by atoms with E-state index in [9.17, 15) is 8.78 Å². The van der Waals surface area contributed by atoms with Crippen LogP contribution in [0.15, 0.2) is 11.6 Å². The number of allylic oxidation sites excluding steroid dienone is 2. The number of halogens is 2. The van der Waals surface area contributed by atoms with Crippen LogP contribution in [0, 0.1) is 29.1 Å². The van der Waals surface area contributed by atoms with E-state index in [-0.39, 0.29) is 5.92 Å². The molecule has 1 nitrogen and oxygen atoms in total. The predicted octanol–water partition coefficient (Wildman–Crippen LogP) is 3.96. The van der Waals surface area contributed by atoms with Crippen molar-refractivity contribution in [3.63, 3.8) is 0 Å². The molecular weight excluding hydrogens is 220 g/mol. The molecule has 0 spiro atoms. The zero-order chi connectivity index (χ0) is 12.4. The highest BCUT2D eigenvalue weighted by Gasteiger charge is 2.39. The second kappa shape index (κ2) is 5.16. The van der Waals surface area contributed by atoms with Gasteiger partial charge in [0.05, 0.1) is 6.07 Å². The maximum Gasteiger partial charge on any atom is 0.119 e. The Morgan fingerprint density at radius 3 is 2.41 bits per heavy atom. The smallest absolute Gasteiger partial charge is 0.119 e. The average Bonchev–Trinajstić information content (AvgIpc) is 2.29. The van der Waals surface area contributed by atoms with E-state index in [2.05, 4.69) is 13.0 Å². The molecule has 0 aromatic carbocycles. The van der Waals surface area contributed by atoms with Gasteiger partial charge in [-0.15, -0.1) is 0 Å². The molecule has 3 atom stereocenters. The molecule has 0 saturated heterocycles. The normalized spacial score (nSPS) is 42.7. The molecule has 0 amide bonds. The van der Waals surface area contributed by atoms with Crippen LogP contribution in [0.1, 0.15) is 39.0 Å². The van der Waals surface area contributed by atoms with Crippen LogP contribution in [0.2, 0.25) is 0 Å². The summed E-state index contributed by atoms with van der Waals surface area (Å²) in [5, 5.41) is 8.72. The zero-order valence-corrected chi connectivity index (χ0v) is 10.2.